The van der Waals surface area contributed by atoms with Gasteiger partial charge in [0.25, 0.3) is 0 Å². The molecule has 17 heavy (non-hydrogen) atoms. The van der Waals surface area contributed by atoms with Gasteiger partial charge in [0.2, 0.25) is 0 Å². The predicted molar refractivity (Wildman–Crippen MR) is 75.2 cm³/mol. The third kappa shape index (κ3) is 3.57. The van der Waals surface area contributed by atoms with Gasteiger partial charge in [0.15, 0.2) is 0 Å². The number of benzene rings is 2. The maximum absolute atomic E-state index is 13.2. The van der Waals surface area contributed by atoms with Crippen molar-refractivity contribution in [2.45, 2.75) is 5.88 Å². The molecule has 2 rings (SSSR count). The number of ether oxygens (including phenoxy) is 1. The Morgan fingerprint density at radius 2 is 1.76 bits per heavy atom. The normalized spacial score (nSPS) is 10.3. The van der Waals surface area contributed by atoms with Crippen LogP contribution in [0.25, 0.3) is 0 Å². The molecule has 2 aromatic rings. The number of alkyl halides is 1. The van der Waals surface area contributed by atoms with Crippen molar-refractivity contribution in [1.82, 2.24) is 0 Å². The lowest BCUT2D eigenvalue weighted by Gasteiger charge is -2.07. The first-order valence-corrected chi connectivity index (χ1v) is 6.57. The highest BCUT2D eigenvalue weighted by Gasteiger charge is 2.02. The van der Waals surface area contributed by atoms with Crippen molar-refractivity contribution < 1.29 is 9.13 Å². The standard InChI is InChI=1S/C13H9ClFIO/c14-8-9-5-10(15)7-13(6-9)17-12-3-1-11(16)2-4-12/h1-7H,8H2. The van der Waals surface area contributed by atoms with E-state index < -0.39 is 0 Å². The lowest BCUT2D eigenvalue weighted by atomic mass is 10.2. The van der Waals surface area contributed by atoms with E-state index in [0.717, 1.165) is 3.57 Å². The van der Waals surface area contributed by atoms with Crippen molar-refractivity contribution >= 4 is 34.2 Å². The molecule has 0 saturated carbocycles. The minimum Gasteiger partial charge on any atom is -0.457 e. The van der Waals surface area contributed by atoms with Gasteiger partial charge in [-0.15, -0.1) is 11.6 Å². The summed E-state index contributed by atoms with van der Waals surface area (Å²) in [5.41, 5.74) is 0.701. The zero-order chi connectivity index (χ0) is 12.3. The van der Waals surface area contributed by atoms with Crippen LogP contribution in [0.3, 0.4) is 0 Å². The molecule has 0 spiro atoms. The Bertz CT molecular complexity index is 513. The molecule has 0 aliphatic heterocycles. The predicted octanol–water partition coefficient (Wildman–Crippen LogP) is 4.96. The van der Waals surface area contributed by atoms with E-state index in [4.69, 9.17) is 16.3 Å². The van der Waals surface area contributed by atoms with E-state index in [0.29, 0.717) is 17.1 Å². The fourth-order valence-corrected chi connectivity index (χ4v) is 1.91. The van der Waals surface area contributed by atoms with Gasteiger partial charge in [-0.2, -0.15) is 0 Å². The molecule has 0 unspecified atom stereocenters. The Kier molecular flexibility index (Phi) is 4.23. The van der Waals surface area contributed by atoms with Crippen LogP contribution in [0, 0.1) is 9.39 Å². The van der Waals surface area contributed by atoms with Gasteiger partial charge in [-0.3, -0.25) is 0 Å². The maximum atomic E-state index is 13.2. The van der Waals surface area contributed by atoms with Crippen LogP contribution in [0.4, 0.5) is 4.39 Å². The summed E-state index contributed by atoms with van der Waals surface area (Å²) in [6, 6.07) is 12.0. The zero-order valence-corrected chi connectivity index (χ0v) is 11.7. The van der Waals surface area contributed by atoms with Crippen molar-refractivity contribution in [3.8, 4) is 11.5 Å². The van der Waals surface area contributed by atoms with Gasteiger partial charge in [-0.1, -0.05) is 0 Å². The highest BCUT2D eigenvalue weighted by molar-refractivity contribution is 14.1. The SMILES string of the molecule is Fc1cc(CCl)cc(Oc2ccc(I)cc2)c1. The molecule has 2 aromatic carbocycles. The summed E-state index contributed by atoms with van der Waals surface area (Å²) in [6.07, 6.45) is 0. The minimum atomic E-state index is -0.344. The lowest BCUT2D eigenvalue weighted by Crippen LogP contribution is -1.88. The number of hydrogen-bond donors (Lipinski definition) is 0. The topological polar surface area (TPSA) is 9.23 Å². The average Bonchev–Trinajstić information content (AvgIpc) is 2.31. The Hall–Kier alpha value is -0.810. The van der Waals surface area contributed by atoms with Crippen LogP contribution in [0.2, 0.25) is 0 Å². The molecule has 0 amide bonds. The van der Waals surface area contributed by atoms with Gasteiger partial charge in [0.05, 0.1) is 0 Å². The first-order chi connectivity index (χ1) is 8.17. The summed E-state index contributed by atoms with van der Waals surface area (Å²) in [5, 5.41) is 0. The lowest BCUT2D eigenvalue weighted by molar-refractivity contribution is 0.476. The number of hydrogen-bond acceptors (Lipinski definition) is 1. The molecule has 88 valence electrons. The Morgan fingerprint density at radius 1 is 1.06 bits per heavy atom. The van der Waals surface area contributed by atoms with Crippen LogP contribution < -0.4 is 4.74 Å². The largest absolute Gasteiger partial charge is 0.457 e. The smallest absolute Gasteiger partial charge is 0.130 e. The first kappa shape index (κ1) is 12.6. The van der Waals surface area contributed by atoms with Crippen LogP contribution in [0.1, 0.15) is 5.56 Å². The minimum absolute atomic E-state index is 0.265. The van der Waals surface area contributed by atoms with E-state index >= 15 is 0 Å². The van der Waals surface area contributed by atoms with E-state index in [-0.39, 0.29) is 11.7 Å². The summed E-state index contributed by atoms with van der Waals surface area (Å²) in [7, 11) is 0. The van der Waals surface area contributed by atoms with Crippen LogP contribution in [0.5, 0.6) is 11.5 Å². The molecule has 0 N–H and O–H groups in total. The van der Waals surface area contributed by atoms with Gasteiger partial charge >= 0.3 is 0 Å². The van der Waals surface area contributed by atoms with Gasteiger partial charge in [0, 0.05) is 15.5 Å². The fraction of sp³-hybridized carbons (Fsp3) is 0.0769. The molecule has 0 bridgehead atoms. The zero-order valence-electron chi connectivity index (χ0n) is 8.79. The molecule has 0 radical (unpaired) electrons. The monoisotopic (exact) mass is 362 g/mol. The van der Waals surface area contributed by atoms with Crippen molar-refractivity contribution in [2.75, 3.05) is 0 Å². The van der Waals surface area contributed by atoms with Crippen LogP contribution in [-0.2, 0) is 5.88 Å². The summed E-state index contributed by atoms with van der Waals surface area (Å²) < 4.78 is 19.9. The molecule has 4 heteroatoms. The molecule has 0 heterocycles. The third-order valence-corrected chi connectivity index (χ3v) is 3.16. The summed E-state index contributed by atoms with van der Waals surface area (Å²) >= 11 is 7.88. The molecular weight excluding hydrogens is 353 g/mol. The number of halogens is 3. The van der Waals surface area contributed by atoms with Crippen molar-refractivity contribution in [3.05, 3.63) is 57.4 Å². The second-order valence-corrected chi connectivity index (χ2v) is 5.00. The summed E-state index contributed by atoms with van der Waals surface area (Å²) in [5.74, 6) is 1.06. The second kappa shape index (κ2) is 5.69. The van der Waals surface area contributed by atoms with Crippen LogP contribution >= 0.6 is 34.2 Å². The quantitative estimate of drug-likeness (QED) is 0.554. The molecular formula is C13H9ClFIO. The fourth-order valence-electron chi connectivity index (χ4n) is 1.40. The molecule has 0 aliphatic carbocycles. The van der Waals surface area contributed by atoms with Gasteiger partial charge in [0.1, 0.15) is 17.3 Å². The van der Waals surface area contributed by atoms with E-state index in [9.17, 15) is 4.39 Å². The maximum Gasteiger partial charge on any atom is 0.130 e. The second-order valence-electron chi connectivity index (χ2n) is 3.48. The van der Waals surface area contributed by atoms with Crippen LogP contribution in [-0.4, -0.2) is 0 Å². The van der Waals surface area contributed by atoms with E-state index in [1.807, 2.05) is 24.3 Å². The Labute approximate surface area is 118 Å². The van der Waals surface area contributed by atoms with Gasteiger partial charge in [-0.05, 0) is 64.6 Å². The number of rotatable bonds is 3. The van der Waals surface area contributed by atoms with E-state index in [1.54, 1.807) is 6.07 Å². The first-order valence-electron chi connectivity index (χ1n) is 4.96. The van der Waals surface area contributed by atoms with Gasteiger partial charge in [-0.25, -0.2) is 4.39 Å². The van der Waals surface area contributed by atoms with Gasteiger partial charge < -0.3 is 4.74 Å². The molecule has 0 saturated heterocycles. The third-order valence-electron chi connectivity index (χ3n) is 2.13. The van der Waals surface area contributed by atoms with E-state index in [2.05, 4.69) is 22.6 Å². The van der Waals surface area contributed by atoms with E-state index in [1.165, 1.54) is 12.1 Å². The molecule has 0 atom stereocenters. The Morgan fingerprint density at radius 3 is 2.41 bits per heavy atom. The highest BCUT2D eigenvalue weighted by atomic mass is 127. The molecule has 0 fully saturated rings. The molecule has 0 aliphatic rings. The van der Waals surface area contributed by atoms with Crippen molar-refractivity contribution in [3.63, 3.8) is 0 Å². The Balaban J connectivity index is 2.23. The summed E-state index contributed by atoms with van der Waals surface area (Å²) in [4.78, 5) is 0. The highest BCUT2D eigenvalue weighted by Crippen LogP contribution is 2.24. The molecule has 0 aromatic heterocycles. The van der Waals surface area contributed by atoms with Crippen LogP contribution in [0.15, 0.2) is 42.5 Å². The molecule has 1 nitrogen and oxygen atoms in total. The van der Waals surface area contributed by atoms with Crippen molar-refractivity contribution in [2.24, 2.45) is 0 Å². The van der Waals surface area contributed by atoms with Crippen molar-refractivity contribution in [1.29, 1.82) is 0 Å². The average molecular weight is 363 g/mol. The summed E-state index contributed by atoms with van der Waals surface area (Å²) in [6.45, 7) is 0.